The molecule has 0 unspecified atom stereocenters. The van der Waals surface area contributed by atoms with E-state index in [1.54, 1.807) is 45.0 Å². The zero-order valence-corrected chi connectivity index (χ0v) is 18.6. The van der Waals surface area contributed by atoms with Crippen LogP contribution < -0.4 is 10.2 Å². The van der Waals surface area contributed by atoms with E-state index >= 15 is 0 Å². The molecule has 0 fully saturated rings. The van der Waals surface area contributed by atoms with Gasteiger partial charge in [-0.3, -0.25) is 9.59 Å². The standard InChI is InChI=1S/C23H28ClN3O2/c1-7-27(6)16-12-13-18(15(2)14-16)25-20(21(28)23(3,4)5)22(29)26-19-11-9-8-10-17(19)24/h8-14H,7H2,1-6H3,(H,26,29). The number of amides is 1. The Bertz CT molecular complexity index is 945. The van der Waals surface area contributed by atoms with Crippen LogP contribution in [0.1, 0.15) is 33.3 Å². The number of aryl methyl sites for hydroxylation is 1. The van der Waals surface area contributed by atoms with E-state index in [1.165, 1.54) is 0 Å². The van der Waals surface area contributed by atoms with Gasteiger partial charge >= 0.3 is 0 Å². The third-order valence-electron chi connectivity index (χ3n) is 4.56. The molecule has 29 heavy (non-hydrogen) atoms. The number of para-hydroxylation sites is 1. The molecule has 0 aromatic heterocycles. The zero-order valence-electron chi connectivity index (χ0n) is 17.8. The van der Waals surface area contributed by atoms with Crippen molar-refractivity contribution < 1.29 is 9.59 Å². The Balaban J connectivity index is 2.47. The van der Waals surface area contributed by atoms with Crippen molar-refractivity contribution in [3.05, 3.63) is 53.1 Å². The van der Waals surface area contributed by atoms with Crippen LogP contribution in [0.3, 0.4) is 0 Å². The first kappa shape index (κ1) is 22.6. The van der Waals surface area contributed by atoms with Crippen LogP contribution in [0, 0.1) is 12.3 Å². The number of anilines is 2. The first-order valence-electron chi connectivity index (χ1n) is 9.55. The van der Waals surface area contributed by atoms with Gasteiger partial charge in [0.2, 0.25) is 0 Å². The first-order valence-corrected chi connectivity index (χ1v) is 9.93. The fraction of sp³-hybridized carbons (Fsp3) is 0.348. The molecule has 1 N–H and O–H groups in total. The Morgan fingerprint density at radius 2 is 1.79 bits per heavy atom. The van der Waals surface area contributed by atoms with Crippen molar-refractivity contribution in [3.63, 3.8) is 0 Å². The monoisotopic (exact) mass is 413 g/mol. The second-order valence-electron chi connectivity index (χ2n) is 7.96. The number of aliphatic imine (C=N–C) groups is 1. The van der Waals surface area contributed by atoms with Gasteiger partial charge in [0.25, 0.3) is 5.91 Å². The molecule has 0 aliphatic rings. The largest absolute Gasteiger partial charge is 0.375 e. The summed E-state index contributed by atoms with van der Waals surface area (Å²) in [5.41, 5.74) is 2.05. The third kappa shape index (κ3) is 5.67. The molecular weight excluding hydrogens is 386 g/mol. The molecule has 0 saturated carbocycles. The Morgan fingerprint density at radius 3 is 2.34 bits per heavy atom. The second-order valence-corrected chi connectivity index (χ2v) is 8.37. The van der Waals surface area contributed by atoms with Crippen molar-refractivity contribution in [3.8, 4) is 0 Å². The summed E-state index contributed by atoms with van der Waals surface area (Å²) >= 11 is 6.14. The lowest BCUT2D eigenvalue weighted by atomic mass is 9.87. The maximum absolute atomic E-state index is 13.0. The smallest absolute Gasteiger partial charge is 0.278 e. The Kier molecular flexibility index (Phi) is 7.20. The Labute approximate surface area is 177 Å². The molecular formula is C23H28ClN3O2. The van der Waals surface area contributed by atoms with Crippen LogP contribution >= 0.6 is 11.6 Å². The van der Waals surface area contributed by atoms with Gasteiger partial charge in [-0.05, 0) is 49.7 Å². The van der Waals surface area contributed by atoms with Crippen molar-refractivity contribution in [2.75, 3.05) is 23.8 Å². The second kappa shape index (κ2) is 9.23. The van der Waals surface area contributed by atoms with E-state index in [2.05, 4.69) is 22.1 Å². The van der Waals surface area contributed by atoms with E-state index in [4.69, 9.17) is 11.6 Å². The minimum Gasteiger partial charge on any atom is -0.375 e. The average Bonchev–Trinajstić information content (AvgIpc) is 2.66. The number of hydrogen-bond donors (Lipinski definition) is 1. The molecule has 2 aromatic carbocycles. The fourth-order valence-electron chi connectivity index (χ4n) is 2.61. The maximum Gasteiger partial charge on any atom is 0.278 e. The number of hydrogen-bond acceptors (Lipinski definition) is 4. The first-order chi connectivity index (χ1) is 13.5. The van der Waals surface area contributed by atoms with Gasteiger partial charge < -0.3 is 10.2 Å². The molecule has 0 heterocycles. The zero-order chi connectivity index (χ0) is 21.8. The lowest BCUT2D eigenvalue weighted by Gasteiger charge is -2.19. The maximum atomic E-state index is 13.0. The number of rotatable bonds is 6. The number of nitrogens with zero attached hydrogens (tertiary/aromatic N) is 2. The topological polar surface area (TPSA) is 61.8 Å². The molecule has 0 spiro atoms. The number of halogens is 1. The van der Waals surface area contributed by atoms with Gasteiger partial charge in [0, 0.05) is 24.7 Å². The number of nitrogens with one attached hydrogen (secondary N) is 1. The number of benzene rings is 2. The molecule has 0 aliphatic carbocycles. The molecule has 5 nitrogen and oxygen atoms in total. The molecule has 1 amide bonds. The summed E-state index contributed by atoms with van der Waals surface area (Å²) in [6, 6.07) is 12.6. The lowest BCUT2D eigenvalue weighted by molar-refractivity contribution is -0.121. The van der Waals surface area contributed by atoms with Crippen LogP contribution in [0.2, 0.25) is 5.02 Å². The van der Waals surface area contributed by atoms with E-state index in [0.717, 1.165) is 17.8 Å². The van der Waals surface area contributed by atoms with Crippen LogP contribution in [-0.4, -0.2) is 31.0 Å². The van der Waals surface area contributed by atoms with E-state index in [1.807, 2.05) is 32.2 Å². The summed E-state index contributed by atoms with van der Waals surface area (Å²) in [4.78, 5) is 32.5. The number of ketones is 1. The third-order valence-corrected chi connectivity index (χ3v) is 4.89. The van der Waals surface area contributed by atoms with Gasteiger partial charge in [-0.25, -0.2) is 4.99 Å². The summed E-state index contributed by atoms with van der Waals surface area (Å²) in [6.45, 7) is 10.1. The highest BCUT2D eigenvalue weighted by Gasteiger charge is 2.31. The predicted octanol–water partition coefficient (Wildman–Crippen LogP) is 5.43. The van der Waals surface area contributed by atoms with Gasteiger partial charge in [-0.2, -0.15) is 0 Å². The normalized spacial score (nSPS) is 11.9. The van der Waals surface area contributed by atoms with E-state index in [9.17, 15) is 9.59 Å². The molecule has 2 rings (SSSR count). The highest BCUT2D eigenvalue weighted by Crippen LogP contribution is 2.27. The minimum atomic E-state index is -0.757. The Morgan fingerprint density at radius 1 is 1.14 bits per heavy atom. The Hall–Kier alpha value is -2.66. The number of carbonyl (C=O) groups is 2. The molecule has 0 aliphatic heterocycles. The predicted molar refractivity (Wildman–Crippen MR) is 122 cm³/mol. The van der Waals surface area contributed by atoms with Crippen molar-refractivity contribution >= 4 is 46.1 Å². The van der Waals surface area contributed by atoms with Crippen LogP contribution in [-0.2, 0) is 9.59 Å². The quantitative estimate of drug-likeness (QED) is 0.507. The molecule has 6 heteroatoms. The van der Waals surface area contributed by atoms with Gasteiger partial charge in [0.05, 0.1) is 16.4 Å². The summed E-state index contributed by atoms with van der Waals surface area (Å²) in [6.07, 6.45) is 0. The SMILES string of the molecule is CCN(C)c1ccc(N=C(C(=O)Nc2ccccc2Cl)C(=O)C(C)(C)C)c(C)c1. The molecule has 2 aromatic rings. The molecule has 0 bridgehead atoms. The molecule has 0 saturated heterocycles. The van der Waals surface area contributed by atoms with Gasteiger partial charge in [-0.1, -0.05) is 44.5 Å². The van der Waals surface area contributed by atoms with Crippen LogP contribution in [0.15, 0.2) is 47.5 Å². The van der Waals surface area contributed by atoms with Crippen molar-refractivity contribution in [2.24, 2.45) is 10.4 Å². The summed E-state index contributed by atoms with van der Waals surface area (Å²) < 4.78 is 0. The van der Waals surface area contributed by atoms with Gasteiger partial charge in [0.15, 0.2) is 11.5 Å². The van der Waals surface area contributed by atoms with Gasteiger partial charge in [0.1, 0.15) is 0 Å². The number of Topliss-reactive ketones (excluding diaryl/α,β-unsaturated/α-hetero) is 1. The highest BCUT2D eigenvalue weighted by atomic mass is 35.5. The molecule has 0 atom stereocenters. The van der Waals surface area contributed by atoms with Crippen LogP contribution in [0.5, 0.6) is 0 Å². The van der Waals surface area contributed by atoms with Crippen molar-refractivity contribution in [1.29, 1.82) is 0 Å². The van der Waals surface area contributed by atoms with E-state index < -0.39 is 11.3 Å². The minimum absolute atomic E-state index is 0.142. The lowest BCUT2D eigenvalue weighted by Crippen LogP contribution is -2.37. The van der Waals surface area contributed by atoms with E-state index in [-0.39, 0.29) is 11.5 Å². The van der Waals surface area contributed by atoms with Crippen LogP contribution in [0.4, 0.5) is 17.1 Å². The highest BCUT2D eigenvalue weighted by molar-refractivity contribution is 6.68. The fourth-order valence-corrected chi connectivity index (χ4v) is 2.79. The number of carbonyl (C=O) groups excluding carboxylic acids is 2. The summed E-state index contributed by atoms with van der Waals surface area (Å²) in [5, 5.41) is 3.11. The van der Waals surface area contributed by atoms with Crippen molar-refractivity contribution in [1.82, 2.24) is 0 Å². The summed E-state index contributed by atoms with van der Waals surface area (Å²) in [7, 11) is 2.00. The van der Waals surface area contributed by atoms with E-state index in [0.29, 0.717) is 16.4 Å². The molecule has 0 radical (unpaired) electrons. The summed E-state index contributed by atoms with van der Waals surface area (Å²) in [5.74, 6) is -0.914. The molecule has 154 valence electrons. The average molecular weight is 414 g/mol. The van der Waals surface area contributed by atoms with Crippen molar-refractivity contribution in [2.45, 2.75) is 34.6 Å². The van der Waals surface area contributed by atoms with Crippen LogP contribution in [0.25, 0.3) is 0 Å². The van der Waals surface area contributed by atoms with Gasteiger partial charge in [-0.15, -0.1) is 0 Å².